The fourth-order valence-corrected chi connectivity index (χ4v) is 0.289. The number of unbranched alkanes of at least 4 members (excludes halogenated alkanes) is 3. The van der Waals surface area contributed by atoms with Crippen LogP contribution >= 0.6 is 0 Å². The Kier molecular flexibility index (Phi) is 2.55. The fourth-order valence-electron chi connectivity index (χ4n) is 0.289. The van der Waals surface area contributed by atoms with E-state index in [1.807, 2.05) is 6.42 Å². The fraction of sp³-hybridized carbons (Fsp3) is 0.833. The van der Waals surface area contributed by atoms with Crippen LogP contribution < -0.4 is 0 Å². The Morgan fingerprint density at radius 3 is 3.50 bits per heavy atom. The van der Waals surface area contributed by atoms with Gasteiger partial charge in [0.25, 0.3) is 0 Å². The molecule has 0 fully saturated rings. The molecule has 0 atom stereocenters. The van der Waals surface area contributed by atoms with Gasteiger partial charge in [-0.05, 0) is 6.42 Å². The molecule has 6 heavy (non-hydrogen) atoms. The van der Waals surface area contributed by atoms with Crippen LogP contribution in [0.3, 0.4) is 0 Å². The van der Waals surface area contributed by atoms with Gasteiger partial charge in [-0.25, -0.2) is 0 Å². The third-order valence-corrected chi connectivity index (χ3v) is 0.658. The second-order valence-electron chi connectivity index (χ2n) is 1.28. The molecule has 0 bridgehead atoms. The average molecular weight is 87.2 g/mol. The predicted molar refractivity (Wildman–Crippen MR) is 29.5 cm³/mol. The van der Waals surface area contributed by atoms with E-state index in [9.17, 15) is 0 Å². The molecule has 0 saturated heterocycles. The zero-order chi connectivity index (χ0) is 6.24. The third kappa shape index (κ3) is 4.00. The van der Waals surface area contributed by atoms with Gasteiger partial charge >= 0.3 is 0 Å². The highest BCUT2D eigenvalue weighted by Crippen LogP contribution is 1.94. The first kappa shape index (κ1) is 3.06. The Labute approximate surface area is 43.4 Å². The molecular formula is C6H13. The zero-order valence-corrected chi connectivity index (χ0v) is 4.11. The standard InChI is InChI=1S/C6H13/c1-3-5-6-4-2/h3H,4-6H2,1-2H3/i1D,2D. The van der Waals surface area contributed by atoms with Crippen molar-refractivity contribution in [2.75, 3.05) is 0 Å². The Morgan fingerprint density at radius 2 is 2.83 bits per heavy atom. The summed E-state index contributed by atoms with van der Waals surface area (Å²) in [7, 11) is 0. The van der Waals surface area contributed by atoms with Crippen molar-refractivity contribution >= 4 is 0 Å². The van der Waals surface area contributed by atoms with Gasteiger partial charge in [0.2, 0.25) is 0 Å². The molecule has 0 unspecified atom stereocenters. The molecule has 0 N–H and O–H groups in total. The van der Waals surface area contributed by atoms with Crippen molar-refractivity contribution in [1.82, 2.24) is 0 Å². The highest BCUT2D eigenvalue weighted by Gasteiger charge is 1.75. The normalized spacial score (nSPS) is 13.3. The van der Waals surface area contributed by atoms with Crippen LogP contribution in [0.1, 0.15) is 35.8 Å². The van der Waals surface area contributed by atoms with E-state index in [2.05, 4.69) is 0 Å². The quantitative estimate of drug-likeness (QED) is 0.464. The van der Waals surface area contributed by atoms with Crippen molar-refractivity contribution in [3.05, 3.63) is 6.42 Å². The smallest absolute Gasteiger partial charge is 0.0233 e. The van der Waals surface area contributed by atoms with Crippen molar-refractivity contribution < 1.29 is 2.74 Å². The summed E-state index contributed by atoms with van der Waals surface area (Å²) in [6.07, 6.45) is 5.02. The van der Waals surface area contributed by atoms with Crippen molar-refractivity contribution in [2.24, 2.45) is 0 Å². The first-order valence-electron chi connectivity index (χ1n) is 3.73. The molecule has 0 aliphatic heterocycles. The van der Waals surface area contributed by atoms with E-state index in [0.717, 1.165) is 19.3 Å². The van der Waals surface area contributed by atoms with Crippen LogP contribution in [-0.2, 0) is 0 Å². The second kappa shape index (κ2) is 5.00. The monoisotopic (exact) mass is 87.1 g/mol. The molecule has 0 heterocycles. The molecule has 0 spiro atoms. The summed E-state index contributed by atoms with van der Waals surface area (Å²) in [6, 6.07) is 0. The summed E-state index contributed by atoms with van der Waals surface area (Å²) in [4.78, 5) is 0. The van der Waals surface area contributed by atoms with Gasteiger partial charge in [0.05, 0.1) is 0 Å². The first-order chi connectivity index (χ1) is 3.91. The van der Waals surface area contributed by atoms with Gasteiger partial charge in [0.1, 0.15) is 0 Å². The van der Waals surface area contributed by atoms with E-state index in [0.29, 0.717) is 13.8 Å². The van der Waals surface area contributed by atoms with Gasteiger partial charge in [-0.1, -0.05) is 33.1 Å². The van der Waals surface area contributed by atoms with Gasteiger partial charge < -0.3 is 0 Å². The predicted octanol–water partition coefficient (Wildman–Crippen LogP) is 2.40. The van der Waals surface area contributed by atoms with Crippen LogP contribution in [0.2, 0.25) is 0 Å². The average Bonchev–Trinajstić information content (AvgIpc) is 1.81. The Bertz CT molecular complexity index is 31.5. The highest BCUT2D eigenvalue weighted by molar-refractivity contribution is 4.52. The maximum atomic E-state index is 6.78. The molecule has 0 heteroatoms. The molecule has 0 amide bonds. The van der Waals surface area contributed by atoms with Crippen LogP contribution in [-0.4, -0.2) is 0 Å². The van der Waals surface area contributed by atoms with Crippen molar-refractivity contribution in [1.29, 1.82) is 0 Å². The SMILES string of the molecule is [2H]C[CH]CCCC[2H]. The number of hydrogen-bond donors (Lipinski definition) is 0. The Hall–Kier alpha value is 0. The topological polar surface area (TPSA) is 0 Å². The van der Waals surface area contributed by atoms with Crippen molar-refractivity contribution in [2.45, 2.75) is 33.1 Å². The summed E-state index contributed by atoms with van der Waals surface area (Å²) in [5.74, 6) is 0. The number of rotatable bonds is 3. The molecule has 1 radical (unpaired) electrons. The van der Waals surface area contributed by atoms with Crippen LogP contribution in [0.5, 0.6) is 0 Å². The van der Waals surface area contributed by atoms with E-state index < -0.39 is 0 Å². The van der Waals surface area contributed by atoms with Crippen LogP contribution in [0.15, 0.2) is 0 Å². The minimum atomic E-state index is 0.429. The lowest BCUT2D eigenvalue weighted by molar-refractivity contribution is 0.784. The molecular weight excluding hydrogens is 72.1 g/mol. The molecule has 37 valence electrons. The van der Waals surface area contributed by atoms with E-state index in [1.165, 1.54) is 0 Å². The van der Waals surface area contributed by atoms with E-state index in [1.54, 1.807) is 0 Å². The lowest BCUT2D eigenvalue weighted by Crippen LogP contribution is -1.67. The van der Waals surface area contributed by atoms with Crippen LogP contribution in [0.4, 0.5) is 0 Å². The summed E-state index contributed by atoms with van der Waals surface area (Å²) < 4.78 is 13.5. The molecule has 0 rings (SSSR count). The molecule has 0 aliphatic rings. The minimum Gasteiger partial charge on any atom is -0.0654 e. The van der Waals surface area contributed by atoms with Gasteiger partial charge in [-0.2, -0.15) is 0 Å². The van der Waals surface area contributed by atoms with E-state index in [-0.39, 0.29) is 0 Å². The van der Waals surface area contributed by atoms with Crippen LogP contribution in [0.25, 0.3) is 0 Å². The second-order valence-corrected chi connectivity index (χ2v) is 1.28. The highest BCUT2D eigenvalue weighted by atomic mass is 13.8. The zero-order valence-electron chi connectivity index (χ0n) is 6.11. The third-order valence-electron chi connectivity index (χ3n) is 0.658. The molecule has 0 aromatic heterocycles. The first-order valence-corrected chi connectivity index (χ1v) is 2.32. The molecule has 0 saturated carbocycles. The van der Waals surface area contributed by atoms with Gasteiger partial charge in [-0.15, -0.1) is 0 Å². The maximum Gasteiger partial charge on any atom is 0.0233 e. The van der Waals surface area contributed by atoms with Gasteiger partial charge in [-0.3, -0.25) is 0 Å². The Morgan fingerprint density at radius 1 is 1.83 bits per heavy atom. The summed E-state index contributed by atoms with van der Waals surface area (Å²) in [5.41, 5.74) is 0. The van der Waals surface area contributed by atoms with E-state index in [4.69, 9.17) is 2.74 Å². The Balaban J connectivity index is 2.53. The molecule has 0 aromatic rings. The lowest BCUT2D eigenvalue weighted by Gasteiger charge is -1.85. The molecule has 0 aliphatic carbocycles. The molecule has 0 nitrogen and oxygen atoms in total. The minimum absolute atomic E-state index is 0.429. The van der Waals surface area contributed by atoms with Gasteiger partial charge in [0, 0.05) is 2.74 Å². The largest absolute Gasteiger partial charge is 0.0654 e. The number of hydrogen-bond acceptors (Lipinski definition) is 0. The summed E-state index contributed by atoms with van der Waals surface area (Å²) in [5, 5.41) is 0. The van der Waals surface area contributed by atoms with E-state index >= 15 is 0 Å². The van der Waals surface area contributed by atoms with Crippen molar-refractivity contribution in [3.8, 4) is 0 Å². The maximum absolute atomic E-state index is 6.78. The van der Waals surface area contributed by atoms with Crippen LogP contribution in [0, 0.1) is 6.42 Å². The van der Waals surface area contributed by atoms with Crippen molar-refractivity contribution in [3.63, 3.8) is 0 Å². The summed E-state index contributed by atoms with van der Waals surface area (Å²) >= 11 is 0. The summed E-state index contributed by atoms with van der Waals surface area (Å²) in [6.45, 7) is 0.962. The lowest BCUT2D eigenvalue weighted by atomic mass is 10.2. The van der Waals surface area contributed by atoms with Gasteiger partial charge in [0.15, 0.2) is 0 Å². The molecule has 0 aromatic carbocycles.